The van der Waals surface area contributed by atoms with Gasteiger partial charge in [0.15, 0.2) is 5.82 Å². The van der Waals surface area contributed by atoms with Crippen LogP contribution >= 0.6 is 0 Å². The van der Waals surface area contributed by atoms with Crippen LogP contribution in [-0.4, -0.2) is 19.1 Å². The second kappa shape index (κ2) is 11.1. The second-order valence-electron chi connectivity index (χ2n) is 14.2. The van der Waals surface area contributed by atoms with Gasteiger partial charge in [-0.15, -0.1) is 0 Å². The van der Waals surface area contributed by atoms with E-state index in [2.05, 4.69) is 161 Å². The van der Waals surface area contributed by atoms with Crippen LogP contribution in [0.25, 0.3) is 110 Å². The van der Waals surface area contributed by atoms with Crippen molar-refractivity contribution in [3.63, 3.8) is 0 Å². The summed E-state index contributed by atoms with van der Waals surface area (Å²) in [4.78, 5) is 9.78. The average Bonchev–Trinajstić information content (AvgIpc) is 3.75. The molecule has 0 aliphatic carbocycles. The largest absolute Gasteiger partial charge is 0.309 e. The smallest absolute Gasteiger partial charge is 0.156 e. The monoisotopic (exact) mass is 686 g/mol. The van der Waals surface area contributed by atoms with Gasteiger partial charge >= 0.3 is 0 Å². The number of nitrogens with zero attached hydrogens (tertiary/aromatic N) is 4. The molecule has 9 aromatic carbocycles. The first-order chi connectivity index (χ1) is 26.8. The Bertz CT molecular complexity index is 3480. The average molecular weight is 687 g/mol. The Morgan fingerprint density at radius 1 is 0.315 bits per heavy atom. The first-order valence-corrected chi connectivity index (χ1v) is 18.4. The van der Waals surface area contributed by atoms with Crippen LogP contribution in [0.4, 0.5) is 0 Å². The van der Waals surface area contributed by atoms with E-state index in [4.69, 9.17) is 9.97 Å². The lowest BCUT2D eigenvalue weighted by molar-refractivity contribution is 1.07. The van der Waals surface area contributed by atoms with E-state index >= 15 is 0 Å². The van der Waals surface area contributed by atoms with Crippen molar-refractivity contribution in [2.24, 2.45) is 0 Å². The SMILES string of the molecule is c1ccc2nc(-n3c4ccccc4c4cc(-c5ccc6c(c5)c5ccccc5n6-c5ccc6c7ccccc7c7ccccc7c6c5)ccc43)cnc2c1. The van der Waals surface area contributed by atoms with E-state index in [0.29, 0.717) is 0 Å². The molecule has 12 rings (SSSR count). The highest BCUT2D eigenvalue weighted by Gasteiger charge is 2.18. The highest BCUT2D eigenvalue weighted by Crippen LogP contribution is 2.40. The fourth-order valence-corrected chi connectivity index (χ4v) is 8.92. The minimum Gasteiger partial charge on any atom is -0.309 e. The summed E-state index contributed by atoms with van der Waals surface area (Å²) in [7, 11) is 0. The highest BCUT2D eigenvalue weighted by atomic mass is 15.1. The van der Waals surface area contributed by atoms with Crippen LogP contribution in [0.15, 0.2) is 182 Å². The van der Waals surface area contributed by atoms with Crippen molar-refractivity contribution in [3.8, 4) is 22.6 Å². The van der Waals surface area contributed by atoms with E-state index in [1.54, 1.807) is 0 Å². The predicted octanol–water partition coefficient (Wildman–Crippen LogP) is 13.0. The molecule has 0 unspecified atom stereocenters. The van der Waals surface area contributed by atoms with Gasteiger partial charge in [0, 0.05) is 27.2 Å². The molecule has 0 bridgehead atoms. The maximum atomic E-state index is 5.03. The lowest BCUT2D eigenvalue weighted by atomic mass is 9.94. The number of hydrogen-bond donors (Lipinski definition) is 0. The van der Waals surface area contributed by atoms with Crippen molar-refractivity contribution in [2.45, 2.75) is 0 Å². The van der Waals surface area contributed by atoms with E-state index in [-0.39, 0.29) is 0 Å². The van der Waals surface area contributed by atoms with Gasteiger partial charge in [0.1, 0.15) is 0 Å². The molecule has 4 nitrogen and oxygen atoms in total. The third-order valence-corrected chi connectivity index (χ3v) is 11.3. The number of hydrogen-bond acceptors (Lipinski definition) is 2. The van der Waals surface area contributed by atoms with Gasteiger partial charge in [-0.25, -0.2) is 4.98 Å². The molecule has 4 heteroatoms. The van der Waals surface area contributed by atoms with Gasteiger partial charge in [-0.05, 0) is 104 Å². The number of benzene rings is 9. The number of fused-ring (bicyclic) bond motifs is 13. The molecule has 54 heavy (non-hydrogen) atoms. The molecule has 0 fully saturated rings. The van der Waals surface area contributed by atoms with Crippen LogP contribution in [0.3, 0.4) is 0 Å². The Balaban J connectivity index is 1.04. The second-order valence-corrected chi connectivity index (χ2v) is 14.2. The molecule has 3 aromatic heterocycles. The summed E-state index contributed by atoms with van der Waals surface area (Å²) < 4.78 is 4.67. The van der Waals surface area contributed by atoms with Crippen LogP contribution in [0.5, 0.6) is 0 Å². The third kappa shape index (κ3) is 4.13. The van der Waals surface area contributed by atoms with Gasteiger partial charge < -0.3 is 4.57 Å². The molecule has 0 atom stereocenters. The number of rotatable bonds is 3. The minimum atomic E-state index is 0.816. The van der Waals surface area contributed by atoms with Gasteiger partial charge in [0.05, 0.1) is 39.3 Å². The van der Waals surface area contributed by atoms with Crippen molar-refractivity contribution < 1.29 is 0 Å². The number of para-hydroxylation sites is 4. The molecule has 0 saturated carbocycles. The minimum absolute atomic E-state index is 0.816. The van der Waals surface area contributed by atoms with E-state index in [1.807, 2.05) is 30.5 Å². The molecular formula is C50H30N4. The topological polar surface area (TPSA) is 35.6 Å². The molecule has 0 aliphatic rings. The Morgan fingerprint density at radius 3 is 1.41 bits per heavy atom. The van der Waals surface area contributed by atoms with Crippen LogP contribution in [0, 0.1) is 0 Å². The zero-order valence-electron chi connectivity index (χ0n) is 29.1. The van der Waals surface area contributed by atoms with E-state index < -0.39 is 0 Å². The number of aromatic nitrogens is 4. The predicted molar refractivity (Wildman–Crippen MR) is 226 cm³/mol. The summed E-state index contributed by atoms with van der Waals surface area (Å²) in [6.45, 7) is 0. The summed E-state index contributed by atoms with van der Waals surface area (Å²) in [5, 5.41) is 12.6. The zero-order valence-corrected chi connectivity index (χ0v) is 29.1. The molecule has 0 amide bonds. The standard InChI is InChI=1S/C50H30N4/c1-2-13-36-34(11-1)35-12-3-4-14-37(35)41-29-33(23-24-38(36)41)53-46-19-9-5-15-39(46)42-27-31(21-25-48(42)53)32-22-26-49-43(28-32)40-16-6-10-20-47(40)54(49)50-30-51-44-17-7-8-18-45(44)52-50/h1-30H. The van der Waals surface area contributed by atoms with Gasteiger partial charge in [-0.2, -0.15) is 0 Å². The van der Waals surface area contributed by atoms with Gasteiger partial charge in [0.2, 0.25) is 0 Å². The van der Waals surface area contributed by atoms with E-state index in [9.17, 15) is 0 Å². The summed E-state index contributed by atoms with van der Waals surface area (Å²) in [6, 6.07) is 63.7. The summed E-state index contributed by atoms with van der Waals surface area (Å²) in [6.07, 6.45) is 1.88. The van der Waals surface area contributed by atoms with Gasteiger partial charge in [-0.3, -0.25) is 9.55 Å². The van der Waals surface area contributed by atoms with Crippen LogP contribution in [0.1, 0.15) is 0 Å². The van der Waals surface area contributed by atoms with Crippen molar-refractivity contribution in [1.82, 2.24) is 19.1 Å². The molecule has 0 radical (unpaired) electrons. The van der Waals surface area contributed by atoms with Crippen LogP contribution in [0.2, 0.25) is 0 Å². The zero-order chi connectivity index (χ0) is 35.3. The first kappa shape index (κ1) is 29.3. The van der Waals surface area contributed by atoms with Crippen molar-refractivity contribution in [1.29, 1.82) is 0 Å². The lowest BCUT2D eigenvalue weighted by Gasteiger charge is -2.14. The molecule has 0 saturated heterocycles. The molecule has 3 heterocycles. The van der Waals surface area contributed by atoms with E-state index in [1.165, 1.54) is 76.0 Å². The fraction of sp³-hybridized carbons (Fsp3) is 0. The Morgan fingerprint density at radius 2 is 0.778 bits per heavy atom. The van der Waals surface area contributed by atoms with Crippen LogP contribution in [-0.2, 0) is 0 Å². The van der Waals surface area contributed by atoms with Crippen molar-refractivity contribution in [3.05, 3.63) is 182 Å². The summed E-state index contributed by atoms with van der Waals surface area (Å²) in [5.74, 6) is 0.816. The molecule has 0 aliphatic heterocycles. The Kier molecular flexibility index (Phi) is 6.02. The third-order valence-electron chi connectivity index (χ3n) is 11.3. The van der Waals surface area contributed by atoms with Crippen LogP contribution < -0.4 is 0 Å². The summed E-state index contributed by atoms with van der Waals surface area (Å²) >= 11 is 0. The highest BCUT2D eigenvalue weighted by molar-refractivity contribution is 6.25. The maximum absolute atomic E-state index is 5.03. The van der Waals surface area contributed by atoms with Crippen molar-refractivity contribution in [2.75, 3.05) is 0 Å². The molecule has 12 aromatic rings. The molecule has 250 valence electrons. The Hall–Kier alpha value is -7.30. The molecule has 0 N–H and O–H groups in total. The molecular weight excluding hydrogens is 657 g/mol. The van der Waals surface area contributed by atoms with Gasteiger partial charge in [0.25, 0.3) is 0 Å². The Labute approximate surface area is 309 Å². The first-order valence-electron chi connectivity index (χ1n) is 18.4. The maximum Gasteiger partial charge on any atom is 0.156 e. The quantitative estimate of drug-likeness (QED) is 0.173. The fourth-order valence-electron chi connectivity index (χ4n) is 8.92. The normalized spacial score (nSPS) is 12.1. The lowest BCUT2D eigenvalue weighted by Crippen LogP contribution is -1.99. The van der Waals surface area contributed by atoms with Crippen molar-refractivity contribution >= 4 is 87.0 Å². The van der Waals surface area contributed by atoms with Gasteiger partial charge in [-0.1, -0.05) is 115 Å². The summed E-state index contributed by atoms with van der Waals surface area (Å²) in [5.41, 5.74) is 9.92. The molecule has 0 spiro atoms. The van der Waals surface area contributed by atoms with E-state index in [0.717, 1.165) is 33.6 Å².